The van der Waals surface area contributed by atoms with Gasteiger partial charge in [0.15, 0.2) is 0 Å². The lowest BCUT2D eigenvalue weighted by atomic mass is 10.1. The Morgan fingerprint density at radius 3 is 2.68 bits per heavy atom. The molecule has 0 atom stereocenters. The monoisotopic (exact) mass is 316 g/mol. The molecule has 0 aliphatic rings. The number of hydrogen-bond donors (Lipinski definition) is 1. The number of hydrogen-bond acceptors (Lipinski definition) is 3. The van der Waals surface area contributed by atoms with Crippen molar-refractivity contribution in [2.45, 2.75) is 13.1 Å². The Bertz CT molecular complexity index is 800. The minimum atomic E-state index is -0.314. The molecule has 1 aromatic heterocycles. The molecule has 0 radical (unpaired) electrons. The molecule has 3 aromatic rings. The van der Waals surface area contributed by atoms with Gasteiger partial charge in [0.05, 0.1) is 12.2 Å². The Labute approximate surface area is 132 Å². The van der Waals surface area contributed by atoms with Gasteiger partial charge in [-0.15, -0.1) is 5.10 Å². The van der Waals surface area contributed by atoms with Gasteiger partial charge < -0.3 is 5.73 Å². The van der Waals surface area contributed by atoms with E-state index < -0.39 is 0 Å². The van der Waals surface area contributed by atoms with Crippen molar-refractivity contribution in [2.75, 3.05) is 0 Å². The number of rotatable bonds is 4. The van der Waals surface area contributed by atoms with Crippen LogP contribution in [0.25, 0.3) is 11.3 Å². The maximum Gasteiger partial charge on any atom is 0.123 e. The maximum absolute atomic E-state index is 13.5. The van der Waals surface area contributed by atoms with E-state index in [1.807, 2.05) is 30.3 Å². The lowest BCUT2D eigenvalue weighted by molar-refractivity contribution is 0.626. The van der Waals surface area contributed by atoms with E-state index >= 15 is 0 Å². The van der Waals surface area contributed by atoms with E-state index in [9.17, 15) is 4.39 Å². The summed E-state index contributed by atoms with van der Waals surface area (Å²) in [5.74, 6) is -0.314. The lowest BCUT2D eigenvalue weighted by Gasteiger charge is -2.09. The van der Waals surface area contributed by atoms with E-state index in [-0.39, 0.29) is 12.4 Å². The van der Waals surface area contributed by atoms with E-state index in [4.69, 9.17) is 17.3 Å². The molecule has 1 heterocycles. The quantitative estimate of drug-likeness (QED) is 0.804. The summed E-state index contributed by atoms with van der Waals surface area (Å²) in [6, 6.07) is 13.8. The first-order chi connectivity index (χ1) is 10.7. The van der Waals surface area contributed by atoms with Gasteiger partial charge in [-0.2, -0.15) is 0 Å². The SMILES string of the molecule is NCc1nnn(Cc2ccccc2Cl)c1-c1cccc(F)c1. The second kappa shape index (κ2) is 6.25. The van der Waals surface area contributed by atoms with E-state index in [0.29, 0.717) is 28.5 Å². The molecule has 22 heavy (non-hydrogen) atoms. The van der Waals surface area contributed by atoms with Crippen molar-refractivity contribution >= 4 is 11.6 Å². The molecule has 112 valence electrons. The highest BCUT2D eigenvalue weighted by Gasteiger charge is 2.15. The van der Waals surface area contributed by atoms with Crippen molar-refractivity contribution in [3.8, 4) is 11.3 Å². The summed E-state index contributed by atoms with van der Waals surface area (Å²) in [6.45, 7) is 0.674. The minimum absolute atomic E-state index is 0.231. The zero-order valence-electron chi connectivity index (χ0n) is 11.7. The molecule has 0 fully saturated rings. The normalized spacial score (nSPS) is 10.9. The Morgan fingerprint density at radius 1 is 1.14 bits per heavy atom. The number of aromatic nitrogens is 3. The molecule has 0 saturated carbocycles. The summed E-state index contributed by atoms with van der Waals surface area (Å²) in [7, 11) is 0. The molecule has 0 aliphatic carbocycles. The molecule has 0 amide bonds. The zero-order chi connectivity index (χ0) is 15.5. The van der Waals surface area contributed by atoms with Crippen LogP contribution in [0.2, 0.25) is 5.02 Å². The van der Waals surface area contributed by atoms with Gasteiger partial charge in [-0.25, -0.2) is 9.07 Å². The molecule has 2 aromatic carbocycles. The zero-order valence-corrected chi connectivity index (χ0v) is 12.5. The molecule has 0 bridgehead atoms. The molecular formula is C16H14ClFN4. The third-order valence-electron chi connectivity index (χ3n) is 3.37. The predicted octanol–water partition coefficient (Wildman–Crippen LogP) is 3.24. The highest BCUT2D eigenvalue weighted by Crippen LogP contribution is 2.25. The van der Waals surface area contributed by atoms with E-state index in [0.717, 1.165) is 5.56 Å². The molecule has 0 unspecified atom stereocenters. The van der Waals surface area contributed by atoms with Crippen LogP contribution in [0.5, 0.6) is 0 Å². The predicted molar refractivity (Wildman–Crippen MR) is 83.9 cm³/mol. The molecule has 6 heteroatoms. The minimum Gasteiger partial charge on any atom is -0.325 e. The van der Waals surface area contributed by atoms with Crippen molar-refractivity contribution < 1.29 is 4.39 Å². The molecule has 0 saturated heterocycles. The van der Waals surface area contributed by atoms with Gasteiger partial charge in [0.2, 0.25) is 0 Å². The fourth-order valence-corrected chi connectivity index (χ4v) is 2.53. The summed E-state index contributed by atoms with van der Waals surface area (Å²) in [5, 5.41) is 8.87. The summed E-state index contributed by atoms with van der Waals surface area (Å²) >= 11 is 6.19. The van der Waals surface area contributed by atoms with E-state index in [2.05, 4.69) is 10.3 Å². The summed E-state index contributed by atoms with van der Waals surface area (Å²) in [4.78, 5) is 0. The van der Waals surface area contributed by atoms with Gasteiger partial charge in [0.25, 0.3) is 0 Å². The molecule has 3 rings (SSSR count). The van der Waals surface area contributed by atoms with Gasteiger partial charge in [0.1, 0.15) is 11.5 Å². The van der Waals surface area contributed by atoms with Crippen LogP contribution in [-0.4, -0.2) is 15.0 Å². The first-order valence-electron chi connectivity index (χ1n) is 6.81. The maximum atomic E-state index is 13.5. The van der Waals surface area contributed by atoms with Gasteiger partial charge >= 0.3 is 0 Å². The second-order valence-electron chi connectivity index (χ2n) is 4.85. The fraction of sp³-hybridized carbons (Fsp3) is 0.125. The average molecular weight is 317 g/mol. The van der Waals surface area contributed by atoms with Crippen molar-refractivity contribution in [1.82, 2.24) is 15.0 Å². The Morgan fingerprint density at radius 2 is 1.95 bits per heavy atom. The number of nitrogens with zero attached hydrogens (tertiary/aromatic N) is 3. The Hall–Kier alpha value is -2.24. The third kappa shape index (κ3) is 2.86. The molecular weight excluding hydrogens is 303 g/mol. The summed E-state index contributed by atoms with van der Waals surface area (Å²) < 4.78 is 15.2. The van der Waals surface area contributed by atoms with Gasteiger partial charge in [-0.05, 0) is 23.8 Å². The van der Waals surface area contributed by atoms with Gasteiger partial charge in [-0.3, -0.25) is 0 Å². The van der Waals surface area contributed by atoms with E-state index in [1.165, 1.54) is 12.1 Å². The smallest absolute Gasteiger partial charge is 0.123 e. The van der Waals surface area contributed by atoms with Crippen LogP contribution in [0.3, 0.4) is 0 Å². The number of nitrogens with two attached hydrogens (primary N) is 1. The van der Waals surface area contributed by atoms with Crippen molar-refractivity contribution in [3.05, 3.63) is 70.6 Å². The highest BCUT2D eigenvalue weighted by molar-refractivity contribution is 6.31. The van der Waals surface area contributed by atoms with Crippen molar-refractivity contribution in [1.29, 1.82) is 0 Å². The largest absolute Gasteiger partial charge is 0.325 e. The first-order valence-corrected chi connectivity index (χ1v) is 7.18. The number of halogens is 2. The van der Waals surface area contributed by atoms with Crippen LogP contribution in [0, 0.1) is 5.82 Å². The second-order valence-corrected chi connectivity index (χ2v) is 5.26. The van der Waals surface area contributed by atoms with Crippen molar-refractivity contribution in [2.24, 2.45) is 5.73 Å². The van der Waals surface area contributed by atoms with Crippen molar-refractivity contribution in [3.63, 3.8) is 0 Å². The Balaban J connectivity index is 2.06. The molecule has 0 aliphatic heterocycles. The molecule has 4 nitrogen and oxygen atoms in total. The average Bonchev–Trinajstić information content (AvgIpc) is 2.92. The molecule has 2 N–H and O–H groups in total. The lowest BCUT2D eigenvalue weighted by Crippen LogP contribution is -2.06. The van der Waals surface area contributed by atoms with Crippen LogP contribution in [0.15, 0.2) is 48.5 Å². The van der Waals surface area contributed by atoms with Crippen LogP contribution in [0.4, 0.5) is 4.39 Å². The van der Waals surface area contributed by atoms with Crippen LogP contribution in [0.1, 0.15) is 11.3 Å². The first kappa shape index (κ1) is 14.7. The van der Waals surface area contributed by atoms with Crippen LogP contribution < -0.4 is 5.73 Å². The fourth-order valence-electron chi connectivity index (χ4n) is 2.34. The standard InChI is InChI=1S/C16H14ClFN4/c17-14-7-2-1-4-12(14)10-22-16(15(9-19)20-21-22)11-5-3-6-13(18)8-11/h1-8H,9-10,19H2. The molecule has 0 spiro atoms. The summed E-state index contributed by atoms with van der Waals surface area (Å²) in [6.07, 6.45) is 0. The Kier molecular flexibility index (Phi) is 4.18. The van der Waals surface area contributed by atoms with Gasteiger partial charge in [0, 0.05) is 17.1 Å². The summed E-state index contributed by atoms with van der Waals surface area (Å²) in [5.41, 5.74) is 8.66. The highest BCUT2D eigenvalue weighted by atomic mass is 35.5. The topological polar surface area (TPSA) is 56.7 Å². The van der Waals surface area contributed by atoms with Gasteiger partial charge in [-0.1, -0.05) is 47.1 Å². The third-order valence-corrected chi connectivity index (χ3v) is 3.74. The van der Waals surface area contributed by atoms with Crippen LogP contribution in [-0.2, 0) is 13.1 Å². The number of benzene rings is 2. The van der Waals surface area contributed by atoms with Crippen LogP contribution >= 0.6 is 11.6 Å². The van der Waals surface area contributed by atoms with E-state index in [1.54, 1.807) is 10.7 Å².